The van der Waals surface area contributed by atoms with Crippen LogP contribution < -0.4 is 0 Å². The Hall–Kier alpha value is -0.580. The molecule has 3 N–H and O–H groups in total. The van der Waals surface area contributed by atoms with Gasteiger partial charge in [0, 0.05) is 0 Å². The number of aliphatic hydroxyl groups is 3. The molecule has 10 heavy (non-hydrogen) atoms. The molecule has 1 aliphatic rings. The van der Waals surface area contributed by atoms with E-state index in [1.54, 1.807) is 0 Å². The predicted molar refractivity (Wildman–Crippen MR) is 33.1 cm³/mol. The monoisotopic (exact) mass is 146 g/mol. The number of rotatable bonds is 1. The first-order valence-electron chi connectivity index (χ1n) is 3.05. The topological polar surface area (TPSA) is 69.9 Å². The van der Waals surface area contributed by atoms with Crippen LogP contribution in [0, 0.1) is 0 Å². The van der Waals surface area contributed by atoms with Crippen molar-refractivity contribution in [2.24, 2.45) is 0 Å². The second-order valence-electron chi connectivity index (χ2n) is 2.17. The summed E-state index contributed by atoms with van der Waals surface area (Å²) in [6.07, 6.45) is -0.0318. The summed E-state index contributed by atoms with van der Waals surface area (Å²) in [6.45, 7) is -0.289. The van der Waals surface area contributed by atoms with Crippen LogP contribution >= 0.6 is 0 Å². The molecule has 4 nitrogen and oxygen atoms in total. The molecule has 0 aromatic heterocycles. The van der Waals surface area contributed by atoms with Crippen molar-refractivity contribution in [3.8, 4) is 0 Å². The van der Waals surface area contributed by atoms with E-state index in [1.807, 2.05) is 0 Å². The van der Waals surface area contributed by atoms with Crippen LogP contribution in [0.4, 0.5) is 0 Å². The van der Waals surface area contributed by atoms with E-state index in [4.69, 9.17) is 20.1 Å². The van der Waals surface area contributed by atoms with Gasteiger partial charge in [0.25, 0.3) is 0 Å². The van der Waals surface area contributed by atoms with E-state index >= 15 is 0 Å². The summed E-state index contributed by atoms with van der Waals surface area (Å²) in [4.78, 5) is 0. The lowest BCUT2D eigenvalue weighted by Crippen LogP contribution is -2.42. The second kappa shape index (κ2) is 3.01. The Bertz CT molecular complexity index is 134. The SMILES string of the molecule is OC[C@H]1OC=C[C@@H](O)[C@@H]1O. The van der Waals surface area contributed by atoms with Gasteiger partial charge in [0.15, 0.2) is 0 Å². The minimum absolute atomic E-state index is 0.289. The van der Waals surface area contributed by atoms with Gasteiger partial charge in [0.2, 0.25) is 0 Å². The number of hydrogen-bond donors (Lipinski definition) is 3. The lowest BCUT2D eigenvalue weighted by Gasteiger charge is -2.26. The van der Waals surface area contributed by atoms with E-state index in [-0.39, 0.29) is 6.61 Å². The molecule has 0 aromatic carbocycles. The molecule has 0 aliphatic carbocycles. The maximum Gasteiger partial charge on any atom is 0.149 e. The van der Waals surface area contributed by atoms with Crippen LogP contribution in [0.5, 0.6) is 0 Å². The van der Waals surface area contributed by atoms with Crippen molar-refractivity contribution < 1.29 is 20.1 Å². The van der Waals surface area contributed by atoms with Gasteiger partial charge in [-0.15, -0.1) is 0 Å². The lowest BCUT2D eigenvalue weighted by molar-refractivity contribution is -0.0808. The van der Waals surface area contributed by atoms with Crippen LogP contribution in [0.2, 0.25) is 0 Å². The van der Waals surface area contributed by atoms with Crippen molar-refractivity contribution in [2.45, 2.75) is 18.3 Å². The van der Waals surface area contributed by atoms with Crippen molar-refractivity contribution in [1.82, 2.24) is 0 Å². The summed E-state index contributed by atoms with van der Waals surface area (Å²) < 4.78 is 4.77. The highest BCUT2D eigenvalue weighted by atomic mass is 16.5. The largest absolute Gasteiger partial charge is 0.493 e. The smallest absolute Gasteiger partial charge is 0.149 e. The molecular formula is C6H10O4. The van der Waals surface area contributed by atoms with E-state index in [2.05, 4.69) is 0 Å². The second-order valence-corrected chi connectivity index (χ2v) is 2.17. The highest BCUT2D eigenvalue weighted by molar-refractivity contribution is 4.96. The van der Waals surface area contributed by atoms with Crippen LogP contribution in [0.1, 0.15) is 0 Å². The Labute approximate surface area is 58.4 Å². The first-order valence-corrected chi connectivity index (χ1v) is 3.05. The number of ether oxygens (including phenoxy) is 1. The number of aliphatic hydroxyl groups excluding tert-OH is 3. The average molecular weight is 146 g/mol. The maximum atomic E-state index is 9.05. The molecule has 4 heteroatoms. The van der Waals surface area contributed by atoms with E-state index < -0.39 is 18.3 Å². The van der Waals surface area contributed by atoms with Gasteiger partial charge in [-0.05, 0) is 6.08 Å². The number of hydrogen-bond acceptors (Lipinski definition) is 4. The summed E-state index contributed by atoms with van der Waals surface area (Å²) >= 11 is 0. The molecule has 1 rings (SSSR count). The molecule has 0 amide bonds. The van der Waals surface area contributed by atoms with Gasteiger partial charge < -0.3 is 20.1 Å². The zero-order valence-corrected chi connectivity index (χ0v) is 5.34. The zero-order chi connectivity index (χ0) is 7.56. The van der Waals surface area contributed by atoms with Crippen molar-refractivity contribution in [2.75, 3.05) is 6.61 Å². The molecule has 0 saturated heterocycles. The first-order chi connectivity index (χ1) is 4.75. The Balaban J connectivity index is 2.56. The van der Waals surface area contributed by atoms with Crippen LogP contribution in [-0.4, -0.2) is 40.2 Å². The highest BCUT2D eigenvalue weighted by Crippen LogP contribution is 2.10. The normalized spacial score (nSPS) is 39.3. The van der Waals surface area contributed by atoms with E-state index in [0.29, 0.717) is 0 Å². The van der Waals surface area contributed by atoms with Crippen LogP contribution in [0.15, 0.2) is 12.3 Å². The molecule has 0 radical (unpaired) electrons. The summed E-state index contributed by atoms with van der Waals surface area (Å²) in [5, 5.41) is 26.6. The molecular weight excluding hydrogens is 136 g/mol. The Morgan fingerprint density at radius 3 is 2.60 bits per heavy atom. The van der Waals surface area contributed by atoms with Crippen molar-refractivity contribution in [3.05, 3.63) is 12.3 Å². The van der Waals surface area contributed by atoms with Crippen LogP contribution in [0.3, 0.4) is 0 Å². The van der Waals surface area contributed by atoms with Gasteiger partial charge in [-0.2, -0.15) is 0 Å². The van der Waals surface area contributed by atoms with Gasteiger partial charge in [-0.3, -0.25) is 0 Å². The molecule has 0 unspecified atom stereocenters. The quantitative estimate of drug-likeness (QED) is 0.426. The van der Waals surface area contributed by atoms with Crippen molar-refractivity contribution in [1.29, 1.82) is 0 Å². The molecule has 0 fully saturated rings. The van der Waals surface area contributed by atoms with Gasteiger partial charge in [-0.25, -0.2) is 0 Å². The zero-order valence-electron chi connectivity index (χ0n) is 5.34. The third-order valence-electron chi connectivity index (χ3n) is 1.44. The predicted octanol–water partition coefficient (Wildman–Crippen LogP) is -1.39. The summed E-state index contributed by atoms with van der Waals surface area (Å²) in [7, 11) is 0. The Morgan fingerprint density at radius 2 is 2.10 bits per heavy atom. The summed E-state index contributed by atoms with van der Waals surface area (Å²) in [6, 6.07) is 0. The summed E-state index contributed by atoms with van der Waals surface area (Å²) in [5.41, 5.74) is 0. The summed E-state index contributed by atoms with van der Waals surface area (Å²) in [5.74, 6) is 0. The highest BCUT2D eigenvalue weighted by Gasteiger charge is 2.27. The lowest BCUT2D eigenvalue weighted by atomic mass is 10.1. The van der Waals surface area contributed by atoms with E-state index in [1.165, 1.54) is 12.3 Å². The molecule has 58 valence electrons. The third kappa shape index (κ3) is 1.29. The van der Waals surface area contributed by atoms with E-state index in [9.17, 15) is 0 Å². The molecule has 0 spiro atoms. The fourth-order valence-electron chi connectivity index (χ4n) is 0.792. The molecule has 0 aromatic rings. The molecule has 0 saturated carbocycles. The Kier molecular flexibility index (Phi) is 2.26. The van der Waals surface area contributed by atoms with Crippen molar-refractivity contribution >= 4 is 0 Å². The van der Waals surface area contributed by atoms with Crippen LogP contribution in [0.25, 0.3) is 0 Å². The van der Waals surface area contributed by atoms with Gasteiger partial charge in [0.05, 0.1) is 12.9 Å². The molecule has 3 atom stereocenters. The minimum Gasteiger partial charge on any atom is -0.493 e. The van der Waals surface area contributed by atoms with Crippen molar-refractivity contribution in [3.63, 3.8) is 0 Å². The van der Waals surface area contributed by atoms with Gasteiger partial charge in [0.1, 0.15) is 18.3 Å². The van der Waals surface area contributed by atoms with Gasteiger partial charge >= 0.3 is 0 Å². The molecule has 1 aliphatic heterocycles. The Morgan fingerprint density at radius 1 is 1.40 bits per heavy atom. The fourth-order valence-corrected chi connectivity index (χ4v) is 0.792. The first kappa shape index (κ1) is 7.53. The molecule has 0 bridgehead atoms. The standard InChI is InChI=1S/C6H10O4/c7-3-5-6(9)4(8)1-2-10-5/h1-2,4-9H,3H2/t4-,5-,6+/m1/s1. The average Bonchev–Trinajstić information content (AvgIpc) is 1.95. The van der Waals surface area contributed by atoms with Gasteiger partial charge in [-0.1, -0.05) is 0 Å². The maximum absolute atomic E-state index is 9.05. The van der Waals surface area contributed by atoms with Crippen LogP contribution in [-0.2, 0) is 4.74 Å². The minimum atomic E-state index is -1.02. The fraction of sp³-hybridized carbons (Fsp3) is 0.667. The third-order valence-corrected chi connectivity index (χ3v) is 1.44. The van der Waals surface area contributed by atoms with E-state index in [0.717, 1.165) is 0 Å². The molecule has 1 heterocycles.